The van der Waals surface area contributed by atoms with Crippen molar-refractivity contribution in [1.82, 2.24) is 5.32 Å². The molecule has 0 aromatic carbocycles. The van der Waals surface area contributed by atoms with Gasteiger partial charge in [0, 0.05) is 6.54 Å². The monoisotopic (exact) mass is 233 g/mol. The molecule has 4 rings (SSSR count). The Morgan fingerprint density at radius 3 is 2.41 bits per heavy atom. The average molecular weight is 233 g/mol. The predicted molar refractivity (Wildman–Crippen MR) is 70.7 cm³/mol. The quantitative estimate of drug-likeness (QED) is 0.784. The first-order valence-corrected chi connectivity index (χ1v) is 7.93. The van der Waals surface area contributed by atoms with Gasteiger partial charge >= 0.3 is 0 Å². The lowest BCUT2D eigenvalue weighted by Crippen LogP contribution is -2.34. The van der Waals surface area contributed by atoms with Crippen LogP contribution in [0, 0.1) is 35.0 Å². The topological polar surface area (TPSA) is 12.0 Å². The third-order valence-corrected chi connectivity index (χ3v) is 6.59. The van der Waals surface area contributed by atoms with Crippen LogP contribution in [0.4, 0.5) is 0 Å². The van der Waals surface area contributed by atoms with Gasteiger partial charge in [-0.05, 0) is 87.0 Å². The minimum atomic E-state index is 0.720. The highest BCUT2D eigenvalue weighted by Gasteiger charge is 2.55. The van der Waals surface area contributed by atoms with E-state index in [1.165, 1.54) is 6.54 Å². The van der Waals surface area contributed by atoms with Crippen molar-refractivity contribution >= 4 is 0 Å². The molecule has 5 unspecified atom stereocenters. The Bertz CT molecular complexity index is 301. The fourth-order valence-electron chi connectivity index (χ4n) is 5.95. The summed E-state index contributed by atoms with van der Waals surface area (Å²) in [5.74, 6) is 5.65. The lowest BCUT2D eigenvalue weighted by atomic mass is 9.71. The largest absolute Gasteiger partial charge is 0.319 e. The van der Waals surface area contributed by atoms with E-state index in [1.807, 2.05) is 0 Å². The maximum atomic E-state index is 3.51. The molecule has 4 aliphatic carbocycles. The van der Waals surface area contributed by atoms with Crippen molar-refractivity contribution in [1.29, 1.82) is 0 Å². The molecule has 0 heterocycles. The van der Waals surface area contributed by atoms with Crippen LogP contribution in [-0.2, 0) is 0 Å². The number of nitrogens with one attached hydrogen (secondary N) is 1. The lowest BCUT2D eigenvalue weighted by Gasteiger charge is -2.36. The summed E-state index contributed by atoms with van der Waals surface area (Å²) in [6.07, 6.45) is 12.6. The summed E-state index contributed by atoms with van der Waals surface area (Å²) in [5.41, 5.74) is 0.720. The molecule has 0 amide bonds. The molecule has 0 aromatic heterocycles. The van der Waals surface area contributed by atoms with E-state index in [0.717, 1.165) is 35.0 Å². The van der Waals surface area contributed by atoms with Crippen molar-refractivity contribution in [2.75, 3.05) is 13.6 Å². The normalized spacial score (nSPS) is 55.2. The molecule has 0 spiro atoms. The van der Waals surface area contributed by atoms with E-state index in [-0.39, 0.29) is 0 Å². The molecule has 5 atom stereocenters. The van der Waals surface area contributed by atoms with E-state index < -0.39 is 0 Å². The number of rotatable bonds is 4. The van der Waals surface area contributed by atoms with Crippen LogP contribution in [0.25, 0.3) is 0 Å². The zero-order valence-corrected chi connectivity index (χ0v) is 11.3. The van der Waals surface area contributed by atoms with Gasteiger partial charge in [0.1, 0.15) is 0 Å². The molecular weight excluding hydrogens is 206 g/mol. The Labute approximate surface area is 106 Å². The maximum Gasteiger partial charge on any atom is 0.000511 e. The molecule has 0 saturated heterocycles. The number of hydrogen-bond donors (Lipinski definition) is 1. The molecule has 0 radical (unpaired) electrons. The first-order chi connectivity index (χ1) is 8.28. The summed E-state index contributed by atoms with van der Waals surface area (Å²) < 4.78 is 0. The molecule has 1 nitrogen and oxygen atoms in total. The zero-order valence-electron chi connectivity index (χ0n) is 11.3. The van der Waals surface area contributed by atoms with Crippen molar-refractivity contribution in [3.8, 4) is 0 Å². The van der Waals surface area contributed by atoms with Crippen LogP contribution in [0.2, 0.25) is 0 Å². The summed E-state index contributed by atoms with van der Waals surface area (Å²) in [5, 5.41) is 3.51. The van der Waals surface area contributed by atoms with Gasteiger partial charge in [-0.25, -0.2) is 0 Å². The zero-order chi connectivity index (χ0) is 11.5. The van der Waals surface area contributed by atoms with E-state index in [2.05, 4.69) is 12.4 Å². The van der Waals surface area contributed by atoms with Gasteiger partial charge in [0.2, 0.25) is 0 Å². The number of hydrogen-bond acceptors (Lipinski definition) is 1. The van der Waals surface area contributed by atoms with Crippen LogP contribution >= 0.6 is 0 Å². The summed E-state index contributed by atoms with van der Waals surface area (Å²) in [6, 6.07) is 0. The Morgan fingerprint density at radius 2 is 1.82 bits per heavy atom. The summed E-state index contributed by atoms with van der Waals surface area (Å²) in [4.78, 5) is 0. The Kier molecular flexibility index (Phi) is 2.38. The second kappa shape index (κ2) is 3.73. The van der Waals surface area contributed by atoms with Gasteiger partial charge in [0.15, 0.2) is 0 Å². The number of fused-ring (bicyclic) bond motifs is 3. The fourth-order valence-corrected chi connectivity index (χ4v) is 5.95. The summed E-state index contributed by atoms with van der Waals surface area (Å²) in [7, 11) is 2.16. The molecule has 96 valence electrons. The molecule has 2 bridgehead atoms. The van der Waals surface area contributed by atoms with Gasteiger partial charge in [-0.2, -0.15) is 0 Å². The third-order valence-electron chi connectivity index (χ3n) is 6.59. The van der Waals surface area contributed by atoms with Crippen molar-refractivity contribution in [2.45, 2.75) is 51.4 Å². The van der Waals surface area contributed by atoms with Crippen molar-refractivity contribution in [3.05, 3.63) is 0 Å². The smallest absolute Gasteiger partial charge is 0.000511 e. The van der Waals surface area contributed by atoms with Crippen molar-refractivity contribution in [3.63, 3.8) is 0 Å². The Balaban J connectivity index is 1.45. The fraction of sp³-hybridized carbons (Fsp3) is 1.00. The van der Waals surface area contributed by atoms with Crippen LogP contribution in [-0.4, -0.2) is 13.6 Å². The maximum absolute atomic E-state index is 3.51. The summed E-state index contributed by atoms with van der Waals surface area (Å²) in [6.45, 7) is 1.30. The van der Waals surface area contributed by atoms with E-state index >= 15 is 0 Å². The SMILES string of the molecule is CNCC1(CC2CC3CCC2C3)CC2CC2C1. The highest BCUT2D eigenvalue weighted by Crippen LogP contribution is 2.63. The van der Waals surface area contributed by atoms with Crippen molar-refractivity contribution in [2.24, 2.45) is 35.0 Å². The van der Waals surface area contributed by atoms with Crippen LogP contribution < -0.4 is 5.32 Å². The average Bonchev–Trinajstić information content (AvgIpc) is 2.72. The van der Waals surface area contributed by atoms with E-state index in [4.69, 9.17) is 0 Å². The van der Waals surface area contributed by atoms with Crippen LogP contribution in [0.5, 0.6) is 0 Å². The highest BCUT2D eigenvalue weighted by atomic mass is 14.8. The predicted octanol–water partition coefficient (Wildman–Crippen LogP) is 3.45. The second-order valence-corrected chi connectivity index (χ2v) is 7.83. The molecule has 1 N–H and O–H groups in total. The summed E-state index contributed by atoms with van der Waals surface area (Å²) >= 11 is 0. The van der Waals surface area contributed by atoms with Crippen molar-refractivity contribution < 1.29 is 0 Å². The van der Waals surface area contributed by atoms with Gasteiger partial charge in [-0.3, -0.25) is 0 Å². The Hall–Kier alpha value is -0.0400. The minimum Gasteiger partial charge on any atom is -0.319 e. The third kappa shape index (κ3) is 1.77. The molecule has 0 aliphatic heterocycles. The first-order valence-electron chi connectivity index (χ1n) is 7.93. The van der Waals surface area contributed by atoms with Crippen LogP contribution in [0.1, 0.15) is 51.4 Å². The molecule has 4 saturated carbocycles. The van der Waals surface area contributed by atoms with E-state index in [9.17, 15) is 0 Å². The van der Waals surface area contributed by atoms with Gasteiger partial charge < -0.3 is 5.32 Å². The first kappa shape index (κ1) is 10.8. The second-order valence-electron chi connectivity index (χ2n) is 7.83. The van der Waals surface area contributed by atoms with E-state index in [0.29, 0.717) is 0 Å². The van der Waals surface area contributed by atoms with Gasteiger partial charge in [-0.15, -0.1) is 0 Å². The van der Waals surface area contributed by atoms with Gasteiger partial charge in [0.25, 0.3) is 0 Å². The van der Waals surface area contributed by atoms with Gasteiger partial charge in [0.05, 0.1) is 0 Å². The molecule has 17 heavy (non-hydrogen) atoms. The molecule has 0 aromatic rings. The molecular formula is C16H27N. The Morgan fingerprint density at radius 1 is 1.00 bits per heavy atom. The molecule has 1 heteroatoms. The van der Waals surface area contributed by atoms with Gasteiger partial charge in [-0.1, -0.05) is 6.42 Å². The minimum absolute atomic E-state index is 0.720. The standard InChI is InChI=1S/C16H27N/c1-17-10-16(8-14-6-15(14)9-16)7-13-5-11-2-3-12(13)4-11/h11-15,17H,2-10H2,1H3. The van der Waals surface area contributed by atoms with E-state index in [1.54, 1.807) is 51.4 Å². The lowest BCUT2D eigenvalue weighted by molar-refractivity contribution is 0.159. The molecule has 4 fully saturated rings. The van der Waals surface area contributed by atoms with Crippen LogP contribution in [0.3, 0.4) is 0 Å². The van der Waals surface area contributed by atoms with Crippen LogP contribution in [0.15, 0.2) is 0 Å². The molecule has 4 aliphatic rings. The highest BCUT2D eigenvalue weighted by molar-refractivity contribution is 5.06.